The largest absolute Gasteiger partial charge is 0.460 e. The molecule has 1 aliphatic rings. The van der Waals surface area contributed by atoms with Gasteiger partial charge < -0.3 is 4.74 Å². The number of carbonyl (C=O) groups excluding carboxylic acids is 1. The van der Waals surface area contributed by atoms with E-state index in [9.17, 15) is 9.18 Å². The first kappa shape index (κ1) is 12.8. The van der Waals surface area contributed by atoms with Crippen LogP contribution >= 0.6 is 0 Å². The Morgan fingerprint density at radius 3 is 2.90 bits per heavy atom. The zero-order valence-corrected chi connectivity index (χ0v) is 11.0. The van der Waals surface area contributed by atoms with Gasteiger partial charge in [-0.25, -0.2) is 18.9 Å². The predicted octanol–water partition coefficient (Wildman–Crippen LogP) is 2.46. The van der Waals surface area contributed by atoms with Crippen LogP contribution in [0, 0.1) is 0 Å². The van der Waals surface area contributed by atoms with Gasteiger partial charge in [0, 0.05) is 6.42 Å². The van der Waals surface area contributed by atoms with Gasteiger partial charge in [0.2, 0.25) is 0 Å². The summed E-state index contributed by atoms with van der Waals surface area (Å²) in [5, 5.41) is 4.11. The Bertz CT molecular complexity index is 627. The third kappa shape index (κ3) is 2.07. The Morgan fingerprint density at radius 2 is 2.20 bits per heavy atom. The standard InChI is InChI=1S/C14H14FN3O2/c1-2-20-14(19)12-16-13-10(15)8-11(18(13)17-12)9-6-4-3-5-7-9/h3-7,10-11H,2,8H2,1H3/t10-,11?/m1/s1. The fraction of sp³-hybridized carbons (Fsp3) is 0.357. The number of esters is 1. The van der Waals surface area contributed by atoms with Crippen molar-refractivity contribution in [2.24, 2.45) is 0 Å². The highest BCUT2D eigenvalue weighted by atomic mass is 19.1. The summed E-state index contributed by atoms with van der Waals surface area (Å²) in [5.74, 6) is -0.500. The second-order valence-corrected chi connectivity index (χ2v) is 4.59. The molecule has 0 bridgehead atoms. The van der Waals surface area contributed by atoms with Crippen LogP contribution in [0.4, 0.5) is 4.39 Å². The number of hydrogen-bond acceptors (Lipinski definition) is 4. The molecule has 2 atom stereocenters. The van der Waals surface area contributed by atoms with E-state index in [2.05, 4.69) is 10.1 Å². The molecule has 0 fully saturated rings. The van der Waals surface area contributed by atoms with Crippen molar-refractivity contribution < 1.29 is 13.9 Å². The van der Waals surface area contributed by atoms with Crippen molar-refractivity contribution in [2.75, 3.05) is 6.61 Å². The van der Waals surface area contributed by atoms with Crippen molar-refractivity contribution >= 4 is 5.97 Å². The number of carbonyl (C=O) groups is 1. The fourth-order valence-electron chi connectivity index (χ4n) is 2.41. The molecule has 1 aromatic heterocycles. The number of rotatable bonds is 3. The van der Waals surface area contributed by atoms with Gasteiger partial charge in [-0.15, -0.1) is 5.10 Å². The number of alkyl halides is 1. The topological polar surface area (TPSA) is 57.0 Å². The number of aromatic nitrogens is 3. The number of nitrogens with zero attached hydrogens (tertiary/aromatic N) is 3. The molecule has 0 radical (unpaired) electrons. The molecule has 0 amide bonds. The van der Waals surface area contributed by atoms with Crippen LogP contribution < -0.4 is 0 Å². The van der Waals surface area contributed by atoms with Crippen molar-refractivity contribution in [1.29, 1.82) is 0 Å². The average Bonchev–Trinajstić information content (AvgIpc) is 3.01. The molecule has 0 aliphatic carbocycles. The van der Waals surface area contributed by atoms with E-state index in [0.29, 0.717) is 6.42 Å². The third-order valence-corrected chi connectivity index (χ3v) is 3.31. The van der Waals surface area contributed by atoms with Crippen LogP contribution in [0.15, 0.2) is 30.3 Å². The monoisotopic (exact) mass is 275 g/mol. The van der Waals surface area contributed by atoms with E-state index in [4.69, 9.17) is 4.74 Å². The molecule has 5 nitrogen and oxygen atoms in total. The maximum absolute atomic E-state index is 14.0. The minimum absolute atomic E-state index is 0.0786. The molecule has 2 heterocycles. The van der Waals surface area contributed by atoms with Gasteiger partial charge in [-0.05, 0) is 12.5 Å². The van der Waals surface area contributed by atoms with Gasteiger partial charge in [0.1, 0.15) is 0 Å². The molecular weight excluding hydrogens is 261 g/mol. The lowest BCUT2D eigenvalue weighted by Gasteiger charge is -2.11. The van der Waals surface area contributed by atoms with E-state index in [0.717, 1.165) is 5.56 Å². The zero-order chi connectivity index (χ0) is 14.1. The first-order chi connectivity index (χ1) is 9.70. The smallest absolute Gasteiger partial charge is 0.378 e. The Balaban J connectivity index is 1.96. The molecule has 1 unspecified atom stereocenters. The molecule has 3 rings (SSSR count). The second-order valence-electron chi connectivity index (χ2n) is 4.59. The molecule has 20 heavy (non-hydrogen) atoms. The molecule has 0 spiro atoms. The Hall–Kier alpha value is -2.24. The van der Waals surface area contributed by atoms with Crippen molar-refractivity contribution in [1.82, 2.24) is 14.8 Å². The van der Waals surface area contributed by atoms with Crippen molar-refractivity contribution in [2.45, 2.75) is 25.6 Å². The van der Waals surface area contributed by atoms with Crippen molar-refractivity contribution in [3.05, 3.63) is 47.5 Å². The average molecular weight is 275 g/mol. The lowest BCUT2D eigenvalue weighted by Crippen LogP contribution is -2.11. The van der Waals surface area contributed by atoms with Crippen LogP contribution in [0.3, 0.4) is 0 Å². The minimum Gasteiger partial charge on any atom is -0.460 e. The normalized spacial score (nSPS) is 20.7. The van der Waals surface area contributed by atoms with Crippen LogP contribution in [0.2, 0.25) is 0 Å². The van der Waals surface area contributed by atoms with Crippen LogP contribution in [0.1, 0.15) is 47.6 Å². The summed E-state index contributed by atoms with van der Waals surface area (Å²) in [6.07, 6.45) is -0.918. The maximum atomic E-state index is 14.0. The van der Waals surface area contributed by atoms with E-state index < -0.39 is 12.1 Å². The van der Waals surface area contributed by atoms with Gasteiger partial charge in [0.05, 0.1) is 12.6 Å². The molecule has 0 saturated carbocycles. The van der Waals surface area contributed by atoms with Gasteiger partial charge in [-0.2, -0.15) is 0 Å². The number of halogens is 1. The SMILES string of the molecule is CCOC(=O)c1nc2n(n1)C(c1ccccc1)C[C@H]2F. The summed E-state index contributed by atoms with van der Waals surface area (Å²) in [7, 11) is 0. The third-order valence-electron chi connectivity index (χ3n) is 3.31. The summed E-state index contributed by atoms with van der Waals surface area (Å²) in [6, 6.07) is 9.29. The quantitative estimate of drug-likeness (QED) is 0.807. The molecule has 2 aromatic rings. The van der Waals surface area contributed by atoms with E-state index in [1.807, 2.05) is 30.3 Å². The fourth-order valence-corrected chi connectivity index (χ4v) is 2.41. The zero-order valence-electron chi connectivity index (χ0n) is 11.0. The highest BCUT2D eigenvalue weighted by Crippen LogP contribution is 2.39. The van der Waals surface area contributed by atoms with Crippen LogP contribution in [0.25, 0.3) is 0 Å². The highest BCUT2D eigenvalue weighted by Gasteiger charge is 2.36. The molecular formula is C14H14FN3O2. The van der Waals surface area contributed by atoms with Crippen LogP contribution in [-0.2, 0) is 4.74 Å². The number of benzene rings is 1. The van der Waals surface area contributed by atoms with Gasteiger partial charge >= 0.3 is 5.97 Å². The van der Waals surface area contributed by atoms with E-state index in [1.165, 1.54) is 4.68 Å². The van der Waals surface area contributed by atoms with Gasteiger partial charge in [0.25, 0.3) is 5.82 Å². The molecule has 0 N–H and O–H groups in total. The molecule has 1 aromatic carbocycles. The van der Waals surface area contributed by atoms with E-state index in [-0.39, 0.29) is 24.3 Å². The van der Waals surface area contributed by atoms with Gasteiger partial charge in [0.15, 0.2) is 12.0 Å². The number of ether oxygens (including phenoxy) is 1. The van der Waals surface area contributed by atoms with Gasteiger partial charge in [-0.3, -0.25) is 0 Å². The summed E-state index contributed by atoms with van der Waals surface area (Å²) in [4.78, 5) is 15.6. The van der Waals surface area contributed by atoms with Crippen LogP contribution in [-0.4, -0.2) is 27.3 Å². The van der Waals surface area contributed by atoms with Crippen molar-refractivity contribution in [3.63, 3.8) is 0 Å². The van der Waals surface area contributed by atoms with Crippen LogP contribution in [0.5, 0.6) is 0 Å². The lowest BCUT2D eigenvalue weighted by atomic mass is 10.0. The summed E-state index contributed by atoms with van der Waals surface area (Å²) >= 11 is 0. The first-order valence-corrected chi connectivity index (χ1v) is 6.53. The molecule has 104 valence electrons. The second kappa shape index (κ2) is 5.03. The summed E-state index contributed by atoms with van der Waals surface area (Å²) in [5.41, 5.74) is 0.953. The predicted molar refractivity (Wildman–Crippen MR) is 69.0 cm³/mol. The Labute approximate surface area is 115 Å². The van der Waals surface area contributed by atoms with Crippen molar-refractivity contribution in [3.8, 4) is 0 Å². The summed E-state index contributed by atoms with van der Waals surface area (Å²) < 4.78 is 20.4. The first-order valence-electron chi connectivity index (χ1n) is 6.53. The Kier molecular flexibility index (Phi) is 3.22. The lowest BCUT2D eigenvalue weighted by molar-refractivity contribution is 0.0511. The number of fused-ring (bicyclic) bond motifs is 1. The van der Waals surface area contributed by atoms with E-state index >= 15 is 0 Å². The highest BCUT2D eigenvalue weighted by molar-refractivity contribution is 5.85. The Morgan fingerprint density at radius 1 is 1.45 bits per heavy atom. The molecule has 0 saturated heterocycles. The summed E-state index contributed by atoms with van der Waals surface area (Å²) in [6.45, 7) is 1.94. The maximum Gasteiger partial charge on any atom is 0.378 e. The van der Waals surface area contributed by atoms with Gasteiger partial charge in [-0.1, -0.05) is 30.3 Å². The molecule has 1 aliphatic heterocycles. The van der Waals surface area contributed by atoms with E-state index in [1.54, 1.807) is 6.92 Å². The molecule has 6 heteroatoms. The minimum atomic E-state index is -1.21. The number of hydrogen-bond donors (Lipinski definition) is 0.